The van der Waals surface area contributed by atoms with E-state index in [1.54, 1.807) is 25.1 Å². The number of benzene rings is 1. The van der Waals surface area contributed by atoms with Crippen LogP contribution in [0.4, 0.5) is 5.69 Å². The van der Waals surface area contributed by atoms with E-state index in [0.29, 0.717) is 11.1 Å². The van der Waals surface area contributed by atoms with Gasteiger partial charge in [0.1, 0.15) is 0 Å². The average Bonchev–Trinajstić information content (AvgIpc) is 2.51. The van der Waals surface area contributed by atoms with Gasteiger partial charge in [-0.1, -0.05) is 17.7 Å². The van der Waals surface area contributed by atoms with Gasteiger partial charge in [-0.25, -0.2) is 5.48 Å². The van der Waals surface area contributed by atoms with E-state index in [4.69, 9.17) is 5.21 Å². The van der Waals surface area contributed by atoms with Gasteiger partial charge in [-0.15, -0.1) is 0 Å². The Labute approximate surface area is 135 Å². The SMILES string of the molecule is CC(/C=C/C(=O)NO)=C\[C@@H](S)C(=O)c1ccc(N(C)C)cc1. The quantitative estimate of drug-likeness (QED) is 0.188. The van der Waals surface area contributed by atoms with Gasteiger partial charge < -0.3 is 4.90 Å². The highest BCUT2D eigenvalue weighted by Crippen LogP contribution is 2.16. The van der Waals surface area contributed by atoms with E-state index in [-0.39, 0.29) is 5.78 Å². The highest BCUT2D eigenvalue weighted by molar-refractivity contribution is 7.82. The number of allylic oxidation sites excluding steroid dienone is 2. The molecule has 6 heteroatoms. The van der Waals surface area contributed by atoms with Crippen molar-refractivity contribution >= 4 is 30.0 Å². The fourth-order valence-corrected chi connectivity index (χ4v) is 2.10. The molecule has 0 aliphatic heterocycles. The molecule has 1 atom stereocenters. The van der Waals surface area contributed by atoms with E-state index in [2.05, 4.69) is 12.6 Å². The zero-order valence-electron chi connectivity index (χ0n) is 12.8. The molecule has 22 heavy (non-hydrogen) atoms. The Kier molecular flexibility index (Phi) is 6.88. The predicted molar refractivity (Wildman–Crippen MR) is 90.7 cm³/mol. The van der Waals surface area contributed by atoms with Crippen molar-refractivity contribution in [2.45, 2.75) is 12.2 Å². The summed E-state index contributed by atoms with van der Waals surface area (Å²) in [6.45, 7) is 1.74. The van der Waals surface area contributed by atoms with Gasteiger partial charge in [0.05, 0.1) is 5.25 Å². The van der Waals surface area contributed by atoms with E-state index >= 15 is 0 Å². The summed E-state index contributed by atoms with van der Waals surface area (Å²) in [7, 11) is 3.86. The summed E-state index contributed by atoms with van der Waals surface area (Å²) in [6, 6.07) is 7.27. The molecule has 118 valence electrons. The van der Waals surface area contributed by atoms with Crippen molar-refractivity contribution in [3.8, 4) is 0 Å². The van der Waals surface area contributed by atoms with Crippen molar-refractivity contribution in [3.05, 3.63) is 53.6 Å². The summed E-state index contributed by atoms with van der Waals surface area (Å²) in [5.74, 6) is -0.748. The lowest BCUT2D eigenvalue weighted by Gasteiger charge is -2.13. The Bertz CT molecular complexity index is 592. The highest BCUT2D eigenvalue weighted by Gasteiger charge is 2.14. The standard InChI is InChI=1S/C16H20N2O3S/c1-11(4-9-15(19)17-21)10-14(22)16(20)12-5-7-13(8-6-12)18(2)3/h4-10,14,21-22H,1-3H3,(H,17,19)/b9-4+,11-10+/t14-/m1/s1. The van der Waals surface area contributed by atoms with Crippen LogP contribution in [0.2, 0.25) is 0 Å². The molecular weight excluding hydrogens is 300 g/mol. The molecule has 5 nitrogen and oxygen atoms in total. The minimum absolute atomic E-state index is 0.118. The molecule has 0 spiro atoms. The van der Waals surface area contributed by atoms with Crippen LogP contribution in [0.1, 0.15) is 17.3 Å². The molecule has 1 aromatic rings. The number of anilines is 1. The number of nitrogens with zero attached hydrogens (tertiary/aromatic N) is 1. The summed E-state index contributed by atoms with van der Waals surface area (Å²) in [5, 5.41) is 7.78. The third kappa shape index (κ3) is 5.38. The third-order valence-electron chi connectivity index (χ3n) is 2.97. The summed E-state index contributed by atoms with van der Waals surface area (Å²) in [5.41, 5.74) is 3.78. The summed E-state index contributed by atoms with van der Waals surface area (Å²) >= 11 is 4.29. The molecule has 0 heterocycles. The summed E-state index contributed by atoms with van der Waals surface area (Å²) in [6.07, 6.45) is 4.31. The van der Waals surface area contributed by atoms with E-state index in [0.717, 1.165) is 5.69 Å². The second-order valence-corrected chi connectivity index (χ2v) is 5.53. The van der Waals surface area contributed by atoms with Crippen LogP contribution in [0.3, 0.4) is 0 Å². The monoisotopic (exact) mass is 320 g/mol. The van der Waals surface area contributed by atoms with E-state index < -0.39 is 11.2 Å². The second kappa shape index (κ2) is 8.41. The van der Waals surface area contributed by atoms with E-state index in [9.17, 15) is 9.59 Å². The second-order valence-electron chi connectivity index (χ2n) is 4.97. The number of thiol groups is 1. The number of ketones is 1. The molecule has 0 aliphatic carbocycles. The van der Waals surface area contributed by atoms with Gasteiger partial charge in [0, 0.05) is 31.4 Å². The van der Waals surface area contributed by atoms with Gasteiger partial charge in [0.2, 0.25) is 0 Å². The van der Waals surface area contributed by atoms with Gasteiger partial charge in [-0.2, -0.15) is 12.6 Å². The van der Waals surface area contributed by atoms with Crippen molar-refractivity contribution in [3.63, 3.8) is 0 Å². The van der Waals surface area contributed by atoms with Crippen LogP contribution in [0.15, 0.2) is 48.1 Å². The maximum absolute atomic E-state index is 12.3. The van der Waals surface area contributed by atoms with Crippen molar-refractivity contribution in [2.24, 2.45) is 0 Å². The van der Waals surface area contributed by atoms with Crippen LogP contribution in [-0.4, -0.2) is 36.2 Å². The fraction of sp³-hybridized carbons (Fsp3) is 0.250. The maximum atomic E-state index is 12.3. The smallest absolute Gasteiger partial charge is 0.267 e. The fourth-order valence-electron chi connectivity index (χ4n) is 1.72. The molecule has 0 radical (unpaired) electrons. The van der Waals surface area contributed by atoms with Crippen LogP contribution < -0.4 is 10.4 Å². The number of hydroxylamine groups is 1. The summed E-state index contributed by atoms with van der Waals surface area (Å²) in [4.78, 5) is 25.1. The first-order valence-electron chi connectivity index (χ1n) is 6.65. The van der Waals surface area contributed by atoms with Crippen molar-refractivity contribution in [2.75, 3.05) is 19.0 Å². The number of Topliss-reactive ketones (excluding diaryl/α,β-unsaturated/α-hetero) is 1. The molecule has 0 unspecified atom stereocenters. The van der Waals surface area contributed by atoms with Gasteiger partial charge in [-0.3, -0.25) is 14.8 Å². The zero-order chi connectivity index (χ0) is 16.7. The van der Waals surface area contributed by atoms with E-state index in [1.165, 1.54) is 17.6 Å². The Morgan fingerprint density at radius 2 is 1.82 bits per heavy atom. The average molecular weight is 320 g/mol. The van der Waals surface area contributed by atoms with Crippen LogP contribution in [-0.2, 0) is 4.79 Å². The zero-order valence-corrected chi connectivity index (χ0v) is 13.7. The maximum Gasteiger partial charge on any atom is 0.267 e. The molecule has 0 saturated heterocycles. The molecule has 1 amide bonds. The Morgan fingerprint density at radius 1 is 1.23 bits per heavy atom. The summed E-state index contributed by atoms with van der Waals surface area (Å²) < 4.78 is 0. The molecule has 0 aromatic heterocycles. The van der Waals surface area contributed by atoms with Crippen LogP contribution in [0.25, 0.3) is 0 Å². The van der Waals surface area contributed by atoms with Gasteiger partial charge in [0.25, 0.3) is 5.91 Å². The number of carbonyl (C=O) groups excluding carboxylic acids is 2. The topological polar surface area (TPSA) is 69.6 Å². The normalized spacial score (nSPS) is 13.0. The number of hydrogen-bond donors (Lipinski definition) is 3. The first-order chi connectivity index (χ1) is 10.3. The van der Waals surface area contributed by atoms with Crippen LogP contribution in [0, 0.1) is 0 Å². The number of hydrogen-bond acceptors (Lipinski definition) is 5. The lowest BCUT2D eigenvalue weighted by atomic mass is 10.1. The number of nitrogens with one attached hydrogen (secondary N) is 1. The van der Waals surface area contributed by atoms with Crippen molar-refractivity contribution in [1.82, 2.24) is 5.48 Å². The highest BCUT2D eigenvalue weighted by atomic mass is 32.1. The molecule has 1 aromatic carbocycles. The number of carbonyl (C=O) groups is 2. The predicted octanol–water partition coefficient (Wildman–Crippen LogP) is 2.24. The third-order valence-corrected chi connectivity index (χ3v) is 3.35. The molecule has 0 bridgehead atoms. The molecule has 1 rings (SSSR count). The first-order valence-corrected chi connectivity index (χ1v) is 7.17. The first kappa shape index (κ1) is 18.0. The Hall–Kier alpha value is -2.05. The lowest BCUT2D eigenvalue weighted by Crippen LogP contribution is -2.15. The number of amides is 1. The van der Waals surface area contributed by atoms with Gasteiger partial charge >= 0.3 is 0 Å². The Balaban J connectivity index is 2.79. The van der Waals surface area contributed by atoms with Crippen LogP contribution >= 0.6 is 12.6 Å². The lowest BCUT2D eigenvalue weighted by molar-refractivity contribution is -0.124. The largest absolute Gasteiger partial charge is 0.378 e. The van der Waals surface area contributed by atoms with Crippen LogP contribution in [0.5, 0.6) is 0 Å². The molecule has 2 N–H and O–H groups in total. The van der Waals surface area contributed by atoms with Gasteiger partial charge in [-0.05, 0) is 31.2 Å². The number of rotatable bonds is 6. The molecular formula is C16H20N2O3S. The van der Waals surface area contributed by atoms with Crippen molar-refractivity contribution in [1.29, 1.82) is 0 Å². The minimum atomic E-state index is -0.630. The van der Waals surface area contributed by atoms with Gasteiger partial charge in [0.15, 0.2) is 5.78 Å². The minimum Gasteiger partial charge on any atom is -0.378 e. The van der Waals surface area contributed by atoms with E-state index in [1.807, 2.05) is 31.1 Å². The molecule has 0 saturated carbocycles. The molecule has 0 aliphatic rings. The van der Waals surface area contributed by atoms with Crippen molar-refractivity contribution < 1.29 is 14.8 Å². The Morgan fingerprint density at radius 3 is 2.32 bits per heavy atom. The molecule has 0 fully saturated rings.